The van der Waals surface area contributed by atoms with Crippen LogP contribution in [0.15, 0.2) is 48.7 Å². The second-order valence-corrected chi connectivity index (χ2v) is 7.52. The number of pyridine rings is 1. The van der Waals surface area contributed by atoms with E-state index in [9.17, 15) is 4.79 Å². The van der Waals surface area contributed by atoms with Crippen molar-refractivity contribution >= 4 is 5.91 Å². The third kappa shape index (κ3) is 3.87. The molecule has 1 saturated heterocycles. The fraction of sp³-hybridized carbons (Fsp3) is 0.348. The predicted octanol–water partition coefficient (Wildman–Crippen LogP) is 3.43. The normalized spacial score (nSPS) is 16.0. The number of aryl methyl sites for hydroxylation is 1. The Kier molecular flexibility index (Phi) is 5.70. The summed E-state index contributed by atoms with van der Waals surface area (Å²) in [6.45, 7) is 4.32. The standard InChI is InChI=1S/C23H26N4O3/c1-16-13-24-21(18-7-5-4-6-8-18)27(16)15-17-11-12-26(14-17)23(28)19-9-10-20(29-2)25-22(19)30-3/h4-10,13,17H,11-12,14-15H2,1-3H3. The van der Waals surface area contributed by atoms with Gasteiger partial charge in [0.25, 0.3) is 5.91 Å². The van der Waals surface area contributed by atoms with Crippen LogP contribution in [0.2, 0.25) is 0 Å². The molecule has 7 nitrogen and oxygen atoms in total. The molecule has 1 aliphatic heterocycles. The fourth-order valence-corrected chi connectivity index (χ4v) is 3.96. The lowest BCUT2D eigenvalue weighted by Gasteiger charge is -2.19. The van der Waals surface area contributed by atoms with Crippen molar-refractivity contribution in [2.75, 3.05) is 27.3 Å². The van der Waals surface area contributed by atoms with E-state index < -0.39 is 0 Å². The minimum atomic E-state index is -0.0601. The van der Waals surface area contributed by atoms with Crippen LogP contribution >= 0.6 is 0 Å². The van der Waals surface area contributed by atoms with Gasteiger partial charge in [0.1, 0.15) is 11.4 Å². The quantitative estimate of drug-likeness (QED) is 0.627. The molecule has 1 unspecified atom stereocenters. The first kappa shape index (κ1) is 19.9. The van der Waals surface area contributed by atoms with E-state index >= 15 is 0 Å². The minimum Gasteiger partial charge on any atom is -0.481 e. The Hall–Kier alpha value is -3.35. The Morgan fingerprint density at radius 1 is 1.13 bits per heavy atom. The van der Waals surface area contributed by atoms with Gasteiger partial charge in [-0.3, -0.25) is 4.79 Å². The average molecular weight is 406 g/mol. The van der Waals surface area contributed by atoms with Crippen LogP contribution in [0, 0.1) is 12.8 Å². The minimum absolute atomic E-state index is 0.0601. The van der Waals surface area contributed by atoms with Crippen LogP contribution in [-0.2, 0) is 6.54 Å². The van der Waals surface area contributed by atoms with Crippen molar-refractivity contribution in [3.05, 3.63) is 59.9 Å². The number of ether oxygens (including phenoxy) is 2. The van der Waals surface area contributed by atoms with Crippen molar-refractivity contribution in [1.82, 2.24) is 19.4 Å². The van der Waals surface area contributed by atoms with E-state index in [-0.39, 0.29) is 5.91 Å². The molecule has 0 saturated carbocycles. The molecule has 1 aromatic carbocycles. The number of hydrogen-bond donors (Lipinski definition) is 0. The molecule has 0 aliphatic carbocycles. The van der Waals surface area contributed by atoms with Gasteiger partial charge in [0, 0.05) is 43.2 Å². The third-order valence-corrected chi connectivity index (χ3v) is 5.57. The molecule has 1 fully saturated rings. The lowest BCUT2D eigenvalue weighted by Crippen LogP contribution is -2.30. The summed E-state index contributed by atoms with van der Waals surface area (Å²) in [6.07, 6.45) is 2.86. The van der Waals surface area contributed by atoms with Crippen molar-refractivity contribution in [2.45, 2.75) is 19.9 Å². The van der Waals surface area contributed by atoms with E-state index in [1.54, 1.807) is 12.1 Å². The van der Waals surface area contributed by atoms with Gasteiger partial charge in [-0.2, -0.15) is 4.98 Å². The number of amides is 1. The summed E-state index contributed by atoms with van der Waals surface area (Å²) in [5, 5.41) is 0. The highest BCUT2D eigenvalue weighted by atomic mass is 16.5. The molecule has 156 valence electrons. The summed E-state index contributed by atoms with van der Waals surface area (Å²) in [4.78, 5) is 23.8. The van der Waals surface area contributed by atoms with Gasteiger partial charge in [-0.05, 0) is 25.3 Å². The topological polar surface area (TPSA) is 69.5 Å². The van der Waals surface area contributed by atoms with E-state index in [0.717, 1.165) is 30.0 Å². The van der Waals surface area contributed by atoms with E-state index in [0.29, 0.717) is 36.3 Å². The second-order valence-electron chi connectivity index (χ2n) is 7.52. The molecule has 2 aromatic heterocycles. The van der Waals surface area contributed by atoms with Gasteiger partial charge in [-0.25, -0.2) is 4.98 Å². The molecular weight excluding hydrogens is 380 g/mol. The summed E-state index contributed by atoms with van der Waals surface area (Å²) in [6, 6.07) is 13.6. The number of imidazole rings is 1. The molecule has 1 atom stereocenters. The molecule has 1 amide bonds. The van der Waals surface area contributed by atoms with Crippen LogP contribution in [0.3, 0.4) is 0 Å². The molecule has 30 heavy (non-hydrogen) atoms. The van der Waals surface area contributed by atoms with E-state index in [1.807, 2.05) is 29.3 Å². The second kappa shape index (κ2) is 8.57. The van der Waals surface area contributed by atoms with E-state index in [4.69, 9.17) is 9.47 Å². The van der Waals surface area contributed by atoms with Crippen LogP contribution in [0.1, 0.15) is 22.5 Å². The number of aromatic nitrogens is 3. The third-order valence-electron chi connectivity index (χ3n) is 5.57. The lowest BCUT2D eigenvalue weighted by atomic mass is 10.1. The Balaban J connectivity index is 1.49. The van der Waals surface area contributed by atoms with Crippen molar-refractivity contribution in [2.24, 2.45) is 5.92 Å². The van der Waals surface area contributed by atoms with E-state index in [2.05, 4.69) is 33.6 Å². The molecule has 0 spiro atoms. The number of likely N-dealkylation sites (tertiary alicyclic amines) is 1. The summed E-state index contributed by atoms with van der Waals surface area (Å²) in [7, 11) is 3.05. The van der Waals surface area contributed by atoms with Gasteiger partial charge < -0.3 is 18.9 Å². The van der Waals surface area contributed by atoms with Crippen LogP contribution in [0.25, 0.3) is 11.4 Å². The number of methoxy groups -OCH3 is 2. The van der Waals surface area contributed by atoms with Crippen LogP contribution in [-0.4, -0.2) is 52.7 Å². The average Bonchev–Trinajstić information content (AvgIpc) is 3.40. The number of hydrogen-bond acceptors (Lipinski definition) is 5. The van der Waals surface area contributed by atoms with Gasteiger partial charge in [-0.1, -0.05) is 30.3 Å². The van der Waals surface area contributed by atoms with Crippen LogP contribution in [0.5, 0.6) is 11.8 Å². The predicted molar refractivity (Wildman–Crippen MR) is 114 cm³/mol. The molecule has 1 aliphatic rings. The first-order valence-corrected chi connectivity index (χ1v) is 10.1. The summed E-state index contributed by atoms with van der Waals surface area (Å²) >= 11 is 0. The van der Waals surface area contributed by atoms with Crippen molar-refractivity contribution in [3.63, 3.8) is 0 Å². The molecule has 4 rings (SSSR count). The Morgan fingerprint density at radius 3 is 2.67 bits per heavy atom. The molecule has 3 heterocycles. The maximum atomic E-state index is 13.1. The first-order chi connectivity index (χ1) is 14.6. The summed E-state index contributed by atoms with van der Waals surface area (Å²) < 4.78 is 12.7. The molecule has 7 heteroatoms. The highest BCUT2D eigenvalue weighted by Gasteiger charge is 2.30. The Morgan fingerprint density at radius 2 is 1.93 bits per heavy atom. The number of nitrogens with zero attached hydrogens (tertiary/aromatic N) is 4. The summed E-state index contributed by atoms with van der Waals surface area (Å²) in [5.41, 5.74) is 2.69. The molecule has 0 radical (unpaired) electrons. The molecule has 0 bridgehead atoms. The van der Waals surface area contributed by atoms with Crippen LogP contribution < -0.4 is 9.47 Å². The van der Waals surface area contributed by atoms with Crippen molar-refractivity contribution < 1.29 is 14.3 Å². The molecule has 0 N–H and O–H groups in total. The monoisotopic (exact) mass is 406 g/mol. The van der Waals surface area contributed by atoms with Gasteiger partial charge in [0.2, 0.25) is 11.8 Å². The van der Waals surface area contributed by atoms with Gasteiger partial charge in [0.15, 0.2) is 0 Å². The van der Waals surface area contributed by atoms with Gasteiger partial charge in [-0.15, -0.1) is 0 Å². The molecular formula is C23H26N4O3. The first-order valence-electron chi connectivity index (χ1n) is 10.1. The van der Waals surface area contributed by atoms with Crippen molar-refractivity contribution in [1.29, 1.82) is 0 Å². The maximum absolute atomic E-state index is 13.1. The van der Waals surface area contributed by atoms with Gasteiger partial charge >= 0.3 is 0 Å². The number of carbonyl (C=O) groups excluding carboxylic acids is 1. The highest BCUT2D eigenvalue weighted by Crippen LogP contribution is 2.27. The number of benzene rings is 1. The number of carbonyl (C=O) groups is 1. The van der Waals surface area contributed by atoms with Crippen LogP contribution in [0.4, 0.5) is 0 Å². The van der Waals surface area contributed by atoms with Gasteiger partial charge in [0.05, 0.1) is 14.2 Å². The Labute approximate surface area is 176 Å². The largest absolute Gasteiger partial charge is 0.481 e. The zero-order valence-corrected chi connectivity index (χ0v) is 17.5. The SMILES string of the molecule is COc1ccc(C(=O)N2CCC(Cn3c(C)cnc3-c3ccccc3)C2)c(OC)n1. The van der Waals surface area contributed by atoms with E-state index in [1.165, 1.54) is 14.2 Å². The number of rotatable bonds is 6. The summed E-state index contributed by atoms with van der Waals surface area (Å²) in [5.74, 6) is 1.99. The zero-order chi connectivity index (χ0) is 21.1. The highest BCUT2D eigenvalue weighted by molar-refractivity contribution is 5.96. The Bertz CT molecular complexity index is 1030. The van der Waals surface area contributed by atoms with Crippen molar-refractivity contribution in [3.8, 4) is 23.1 Å². The fourth-order valence-electron chi connectivity index (χ4n) is 3.96. The lowest BCUT2D eigenvalue weighted by molar-refractivity contribution is 0.0781. The zero-order valence-electron chi connectivity index (χ0n) is 17.5. The molecule has 3 aromatic rings. The maximum Gasteiger partial charge on any atom is 0.259 e. The smallest absolute Gasteiger partial charge is 0.259 e.